The number of aliphatic carboxylic acids is 1. The monoisotopic (exact) mass is 270 g/mol. The number of rotatable bonds is 4. The first-order valence-corrected chi connectivity index (χ1v) is 5.87. The second-order valence-corrected chi connectivity index (χ2v) is 4.07. The van der Waals surface area contributed by atoms with Crippen LogP contribution in [0.15, 0.2) is 46.9 Å². The van der Waals surface area contributed by atoms with Crippen LogP contribution >= 0.6 is 0 Å². The van der Waals surface area contributed by atoms with E-state index in [2.05, 4.69) is 15.4 Å². The van der Waals surface area contributed by atoms with Crippen molar-refractivity contribution in [2.45, 2.75) is 6.54 Å². The lowest BCUT2D eigenvalue weighted by Crippen LogP contribution is -2.11. The number of carboxylic acids is 1. The molecule has 3 aromatic rings. The molecule has 0 spiro atoms. The fraction of sp³-hybridized carbons (Fsp3) is 0.0769. The lowest BCUT2D eigenvalue weighted by Gasteiger charge is -1.94. The quantitative estimate of drug-likeness (QED) is 0.775. The van der Waals surface area contributed by atoms with Crippen LogP contribution in [0, 0.1) is 0 Å². The zero-order valence-corrected chi connectivity index (χ0v) is 10.3. The average Bonchev–Trinajstić information content (AvgIpc) is 3.07. The van der Waals surface area contributed by atoms with Crippen LogP contribution in [0.3, 0.4) is 0 Å². The molecule has 0 fully saturated rings. The minimum atomic E-state index is -1.03. The molecule has 2 heterocycles. The van der Waals surface area contributed by atoms with Gasteiger partial charge in [0.2, 0.25) is 5.82 Å². The van der Waals surface area contributed by atoms with Crippen molar-refractivity contribution >= 4 is 5.97 Å². The maximum Gasteiger partial charge on any atom is 0.327 e. The summed E-state index contributed by atoms with van der Waals surface area (Å²) in [5.41, 5.74) is 0.941. The molecule has 0 aliphatic rings. The highest BCUT2D eigenvalue weighted by Gasteiger charge is 2.12. The predicted molar refractivity (Wildman–Crippen MR) is 68.6 cm³/mol. The first-order chi connectivity index (χ1) is 9.72. The summed E-state index contributed by atoms with van der Waals surface area (Å²) in [4.78, 5) is 11.6. The van der Waals surface area contributed by atoms with Gasteiger partial charge in [-0.05, 0) is 17.3 Å². The van der Waals surface area contributed by atoms with Gasteiger partial charge in [0.1, 0.15) is 5.76 Å². The standard InChI is InChI=1S/C13H10N4O3/c18-12(19)8-17-15-13(14-16-17)11-7-6-10(20-11)9-4-2-1-3-5-9/h1-7H,8H2,(H,18,19). The van der Waals surface area contributed by atoms with Crippen molar-refractivity contribution < 1.29 is 14.3 Å². The highest BCUT2D eigenvalue weighted by atomic mass is 16.4. The molecule has 7 heteroatoms. The summed E-state index contributed by atoms with van der Waals surface area (Å²) in [6, 6.07) is 13.1. The molecular formula is C13H10N4O3. The Morgan fingerprint density at radius 2 is 1.90 bits per heavy atom. The summed E-state index contributed by atoms with van der Waals surface area (Å²) in [5, 5.41) is 20.0. The van der Waals surface area contributed by atoms with Crippen LogP contribution in [0.25, 0.3) is 22.9 Å². The smallest absolute Gasteiger partial charge is 0.327 e. The lowest BCUT2D eigenvalue weighted by atomic mass is 10.2. The Bertz CT molecular complexity index is 733. The Balaban J connectivity index is 1.87. The number of aromatic nitrogens is 4. The second-order valence-electron chi connectivity index (χ2n) is 4.07. The molecule has 0 saturated heterocycles. The highest BCUT2D eigenvalue weighted by molar-refractivity contribution is 5.66. The molecule has 0 unspecified atom stereocenters. The number of furan rings is 1. The number of benzene rings is 1. The topological polar surface area (TPSA) is 94.0 Å². The minimum absolute atomic E-state index is 0.258. The van der Waals surface area contributed by atoms with Crippen molar-refractivity contribution in [2.24, 2.45) is 0 Å². The summed E-state index contributed by atoms with van der Waals surface area (Å²) < 4.78 is 5.65. The number of nitrogens with zero attached hydrogens (tertiary/aromatic N) is 4. The van der Waals surface area contributed by atoms with Crippen LogP contribution < -0.4 is 0 Å². The van der Waals surface area contributed by atoms with E-state index in [1.807, 2.05) is 36.4 Å². The lowest BCUT2D eigenvalue weighted by molar-refractivity contribution is -0.138. The summed E-state index contributed by atoms with van der Waals surface area (Å²) in [7, 11) is 0. The summed E-state index contributed by atoms with van der Waals surface area (Å²) in [6.07, 6.45) is 0. The maximum atomic E-state index is 10.6. The normalized spacial score (nSPS) is 10.6. The molecule has 1 aromatic carbocycles. The van der Waals surface area contributed by atoms with Gasteiger partial charge in [-0.25, -0.2) is 0 Å². The van der Waals surface area contributed by atoms with E-state index >= 15 is 0 Å². The third-order valence-corrected chi connectivity index (χ3v) is 2.61. The number of tetrazole rings is 1. The minimum Gasteiger partial charge on any atom is -0.480 e. The molecule has 0 bridgehead atoms. The number of carboxylic acid groups (broad SMARTS) is 1. The fourth-order valence-electron chi connectivity index (χ4n) is 1.75. The van der Waals surface area contributed by atoms with E-state index in [1.165, 1.54) is 0 Å². The zero-order valence-electron chi connectivity index (χ0n) is 10.3. The molecule has 20 heavy (non-hydrogen) atoms. The Labute approximate surface area is 113 Å². The van der Waals surface area contributed by atoms with E-state index in [9.17, 15) is 4.79 Å². The van der Waals surface area contributed by atoms with Gasteiger partial charge in [-0.15, -0.1) is 10.2 Å². The van der Waals surface area contributed by atoms with Gasteiger partial charge in [0.05, 0.1) is 0 Å². The molecule has 0 amide bonds. The number of hydrogen-bond acceptors (Lipinski definition) is 5. The maximum absolute atomic E-state index is 10.6. The van der Waals surface area contributed by atoms with E-state index in [0.29, 0.717) is 11.5 Å². The van der Waals surface area contributed by atoms with Crippen molar-refractivity contribution in [3.63, 3.8) is 0 Å². The molecule has 2 aromatic heterocycles. The van der Waals surface area contributed by atoms with E-state index < -0.39 is 5.97 Å². The van der Waals surface area contributed by atoms with Crippen molar-refractivity contribution in [1.82, 2.24) is 20.2 Å². The molecule has 0 radical (unpaired) electrons. The van der Waals surface area contributed by atoms with Crippen LogP contribution in [0.1, 0.15) is 0 Å². The van der Waals surface area contributed by atoms with E-state index in [0.717, 1.165) is 10.4 Å². The molecular weight excluding hydrogens is 260 g/mol. The Kier molecular flexibility index (Phi) is 3.00. The van der Waals surface area contributed by atoms with Gasteiger partial charge in [-0.1, -0.05) is 30.3 Å². The Morgan fingerprint density at radius 1 is 1.15 bits per heavy atom. The van der Waals surface area contributed by atoms with Gasteiger partial charge < -0.3 is 9.52 Å². The van der Waals surface area contributed by atoms with Crippen LogP contribution in [0.2, 0.25) is 0 Å². The van der Waals surface area contributed by atoms with Gasteiger partial charge in [0, 0.05) is 5.56 Å². The predicted octanol–water partition coefficient (Wildman–Crippen LogP) is 1.68. The van der Waals surface area contributed by atoms with Crippen LogP contribution in [0.5, 0.6) is 0 Å². The van der Waals surface area contributed by atoms with Crippen LogP contribution in [0.4, 0.5) is 0 Å². The molecule has 0 aliphatic carbocycles. The van der Waals surface area contributed by atoms with Crippen LogP contribution in [-0.4, -0.2) is 31.3 Å². The molecule has 100 valence electrons. The van der Waals surface area contributed by atoms with Crippen molar-refractivity contribution in [2.75, 3.05) is 0 Å². The third-order valence-electron chi connectivity index (χ3n) is 2.61. The van der Waals surface area contributed by atoms with Gasteiger partial charge in [0.15, 0.2) is 12.3 Å². The van der Waals surface area contributed by atoms with Crippen molar-refractivity contribution in [1.29, 1.82) is 0 Å². The van der Waals surface area contributed by atoms with Crippen molar-refractivity contribution in [3.05, 3.63) is 42.5 Å². The van der Waals surface area contributed by atoms with Gasteiger partial charge in [-0.2, -0.15) is 4.80 Å². The molecule has 0 atom stereocenters. The number of carbonyl (C=O) groups is 1. The van der Waals surface area contributed by atoms with Crippen LogP contribution in [-0.2, 0) is 11.3 Å². The van der Waals surface area contributed by atoms with Gasteiger partial charge >= 0.3 is 5.97 Å². The van der Waals surface area contributed by atoms with E-state index in [4.69, 9.17) is 9.52 Å². The first-order valence-electron chi connectivity index (χ1n) is 5.87. The summed E-state index contributed by atoms with van der Waals surface area (Å²) in [5.74, 6) is 0.363. The molecule has 7 nitrogen and oxygen atoms in total. The molecule has 0 aliphatic heterocycles. The number of hydrogen-bond donors (Lipinski definition) is 1. The average molecular weight is 270 g/mol. The highest BCUT2D eigenvalue weighted by Crippen LogP contribution is 2.25. The van der Waals surface area contributed by atoms with Gasteiger partial charge in [0.25, 0.3) is 0 Å². The second kappa shape index (κ2) is 4.96. The summed E-state index contributed by atoms with van der Waals surface area (Å²) in [6.45, 7) is -0.334. The van der Waals surface area contributed by atoms with E-state index in [1.54, 1.807) is 6.07 Å². The van der Waals surface area contributed by atoms with Crippen molar-refractivity contribution in [3.8, 4) is 22.9 Å². The fourth-order valence-corrected chi connectivity index (χ4v) is 1.75. The Morgan fingerprint density at radius 3 is 2.65 bits per heavy atom. The first kappa shape index (κ1) is 12.1. The Hall–Kier alpha value is -2.96. The zero-order chi connectivity index (χ0) is 13.9. The third kappa shape index (κ3) is 2.41. The SMILES string of the molecule is O=C(O)Cn1nnc(-c2ccc(-c3ccccc3)o2)n1. The largest absolute Gasteiger partial charge is 0.480 e. The molecule has 0 saturated carbocycles. The molecule has 3 rings (SSSR count). The summed E-state index contributed by atoms with van der Waals surface area (Å²) >= 11 is 0. The van der Waals surface area contributed by atoms with E-state index in [-0.39, 0.29) is 12.4 Å². The molecule has 1 N–H and O–H groups in total. The van der Waals surface area contributed by atoms with Gasteiger partial charge in [-0.3, -0.25) is 4.79 Å².